The Morgan fingerprint density at radius 2 is 2.42 bits per heavy atom. The second-order valence-corrected chi connectivity index (χ2v) is 1.91. The van der Waals surface area contributed by atoms with Crippen LogP contribution >= 0.6 is 0 Å². The summed E-state index contributed by atoms with van der Waals surface area (Å²) in [5.74, 6) is 0. The predicted molar refractivity (Wildman–Crippen MR) is 43.9 cm³/mol. The smallest absolute Gasteiger partial charge is 0.263 e. The molecule has 0 amide bonds. The van der Waals surface area contributed by atoms with Crippen molar-refractivity contribution in [3.8, 4) is 0 Å². The maximum Gasteiger partial charge on any atom is 0.263 e. The molecule has 0 rings (SSSR count). The lowest BCUT2D eigenvalue weighted by atomic mass is 10.4. The maximum absolute atomic E-state index is 8.27. The minimum absolute atomic E-state index is 0.413. The second-order valence-electron chi connectivity index (χ2n) is 1.91. The zero-order valence-electron chi connectivity index (χ0n) is 6.97. The van der Waals surface area contributed by atoms with E-state index in [1.165, 1.54) is 0 Å². The van der Waals surface area contributed by atoms with E-state index >= 15 is 0 Å². The van der Waals surface area contributed by atoms with Gasteiger partial charge in [-0.2, -0.15) is 4.89 Å². The van der Waals surface area contributed by atoms with E-state index in [2.05, 4.69) is 9.79 Å². The van der Waals surface area contributed by atoms with E-state index in [0.29, 0.717) is 19.6 Å². The van der Waals surface area contributed by atoms with Crippen molar-refractivity contribution in [3.63, 3.8) is 0 Å². The molecule has 1 atom stereocenters. The van der Waals surface area contributed by atoms with Crippen molar-refractivity contribution >= 4 is 14.4 Å². The van der Waals surface area contributed by atoms with Crippen LogP contribution in [0.5, 0.6) is 0 Å². The highest BCUT2D eigenvalue weighted by atomic mass is 17.1. The molecule has 0 bridgehead atoms. The van der Waals surface area contributed by atoms with Crippen LogP contribution in [0, 0.1) is 0 Å². The molecular weight excluding hydrogens is 161 g/mol. The summed E-state index contributed by atoms with van der Waals surface area (Å²) in [6.45, 7) is 2.93. The lowest BCUT2D eigenvalue weighted by molar-refractivity contribution is -0.330. The molecule has 0 aliphatic heterocycles. The van der Waals surface area contributed by atoms with Gasteiger partial charge in [0.15, 0.2) is 6.40 Å². The van der Waals surface area contributed by atoms with Crippen LogP contribution in [0.4, 0.5) is 0 Å². The summed E-state index contributed by atoms with van der Waals surface area (Å²) in [7, 11) is 4.76. The Hall–Kier alpha value is -0.585. The van der Waals surface area contributed by atoms with Crippen LogP contribution in [-0.4, -0.2) is 39.1 Å². The van der Waals surface area contributed by atoms with Gasteiger partial charge in [0.05, 0.1) is 6.61 Å². The second kappa shape index (κ2) is 8.51. The summed E-state index contributed by atoms with van der Waals surface area (Å²) in [6.07, 6.45) is 0.632. The molecule has 0 aromatic heterocycles. The minimum atomic E-state index is -0.774. The van der Waals surface area contributed by atoms with E-state index in [1.807, 2.05) is 6.92 Å². The third-order valence-electron chi connectivity index (χ3n) is 1.09. The first kappa shape index (κ1) is 11.4. The van der Waals surface area contributed by atoms with Crippen molar-refractivity contribution in [2.24, 2.45) is 4.90 Å². The van der Waals surface area contributed by atoms with Crippen molar-refractivity contribution in [1.82, 2.24) is 0 Å². The van der Waals surface area contributed by atoms with E-state index in [9.17, 15) is 0 Å². The molecule has 0 aliphatic rings. The summed E-state index contributed by atoms with van der Waals surface area (Å²) in [5.41, 5.74) is 0. The Labute approximate surface area is 72.7 Å². The van der Waals surface area contributed by atoms with Gasteiger partial charge in [0.2, 0.25) is 6.29 Å². The van der Waals surface area contributed by atoms with Crippen LogP contribution in [0.15, 0.2) is 4.90 Å². The molecule has 1 unspecified atom stereocenters. The first-order valence-corrected chi connectivity index (χ1v) is 3.60. The summed E-state index contributed by atoms with van der Waals surface area (Å²) < 4.78 is 9.72. The van der Waals surface area contributed by atoms with Crippen LogP contribution in [-0.2, 0) is 14.4 Å². The van der Waals surface area contributed by atoms with E-state index in [4.69, 9.17) is 22.7 Å². The van der Waals surface area contributed by atoms with Crippen molar-refractivity contribution in [3.05, 3.63) is 0 Å². The summed E-state index contributed by atoms with van der Waals surface area (Å²) in [6, 6.07) is 0. The van der Waals surface area contributed by atoms with Crippen LogP contribution in [0.3, 0.4) is 0 Å². The van der Waals surface area contributed by atoms with Gasteiger partial charge in [-0.1, -0.05) is 0 Å². The lowest BCUT2D eigenvalue weighted by Gasteiger charge is -2.11. The van der Waals surface area contributed by atoms with Gasteiger partial charge in [-0.15, -0.1) is 0 Å². The van der Waals surface area contributed by atoms with E-state index in [0.717, 1.165) is 6.40 Å². The molecule has 0 aromatic rings. The van der Waals surface area contributed by atoms with E-state index in [1.54, 1.807) is 0 Å². The Kier molecular flexibility index (Phi) is 8.10. The highest BCUT2D eigenvalue weighted by molar-refractivity contribution is 6.08. The largest absolute Gasteiger partial charge is 0.453 e. The highest BCUT2D eigenvalue weighted by Gasteiger charge is 2.06. The van der Waals surface area contributed by atoms with Gasteiger partial charge >= 0.3 is 0 Å². The molecule has 0 aromatic carbocycles. The normalized spacial score (nSPS) is 13.5. The molecule has 6 heteroatoms. The summed E-state index contributed by atoms with van der Waals surface area (Å²) in [5, 5.41) is 8.27. The topological polar surface area (TPSA) is 60.3 Å². The number of ether oxygens (including phenoxy) is 2. The predicted octanol–water partition coefficient (Wildman–Crippen LogP) is 0.357. The first-order valence-electron chi connectivity index (χ1n) is 3.60. The fourth-order valence-corrected chi connectivity index (χ4v) is 0.573. The third-order valence-corrected chi connectivity index (χ3v) is 1.09. The summed E-state index contributed by atoms with van der Waals surface area (Å²) >= 11 is 0. The molecule has 0 saturated carbocycles. The van der Waals surface area contributed by atoms with Gasteiger partial charge in [0.25, 0.3) is 7.98 Å². The van der Waals surface area contributed by atoms with Gasteiger partial charge in [-0.25, -0.2) is 5.26 Å². The standard InChI is InChI=1S/C6H12BNO4/c1-2-10-4-3-6(12-9)11-5-8-7/h5-6,9H,2-4H2,1H3. The van der Waals surface area contributed by atoms with Crippen LogP contribution in [0.2, 0.25) is 0 Å². The van der Waals surface area contributed by atoms with E-state index in [-0.39, 0.29) is 0 Å². The van der Waals surface area contributed by atoms with Gasteiger partial charge < -0.3 is 14.4 Å². The minimum Gasteiger partial charge on any atom is -0.453 e. The molecule has 0 saturated heterocycles. The monoisotopic (exact) mass is 173 g/mol. The summed E-state index contributed by atoms with van der Waals surface area (Å²) in [4.78, 5) is 7.02. The van der Waals surface area contributed by atoms with Gasteiger partial charge in [-0.05, 0) is 6.92 Å². The van der Waals surface area contributed by atoms with Gasteiger partial charge in [0, 0.05) is 13.0 Å². The molecule has 12 heavy (non-hydrogen) atoms. The maximum atomic E-state index is 8.27. The fraction of sp³-hybridized carbons (Fsp3) is 0.833. The van der Waals surface area contributed by atoms with Crippen molar-refractivity contribution in [2.45, 2.75) is 19.6 Å². The number of hydrogen-bond acceptors (Lipinski definition) is 5. The fourth-order valence-electron chi connectivity index (χ4n) is 0.573. The Morgan fingerprint density at radius 3 is 2.92 bits per heavy atom. The van der Waals surface area contributed by atoms with Crippen molar-refractivity contribution < 1.29 is 19.6 Å². The number of rotatable bonds is 7. The zero-order valence-corrected chi connectivity index (χ0v) is 6.97. The lowest BCUT2D eigenvalue weighted by Crippen LogP contribution is -2.17. The van der Waals surface area contributed by atoms with Crippen LogP contribution < -0.4 is 0 Å². The molecule has 1 N–H and O–H groups in total. The highest BCUT2D eigenvalue weighted by Crippen LogP contribution is 1.97. The number of nitrogens with zero attached hydrogens (tertiary/aromatic N) is 1. The molecule has 0 fully saturated rings. The molecule has 0 aliphatic carbocycles. The Bertz CT molecular complexity index is 122. The van der Waals surface area contributed by atoms with Gasteiger partial charge in [-0.3, -0.25) is 0 Å². The molecule has 2 radical (unpaired) electrons. The Morgan fingerprint density at radius 1 is 1.67 bits per heavy atom. The molecule has 0 spiro atoms. The SMILES string of the molecule is [B]N=COC(CCOCC)OO. The first-order chi connectivity index (χ1) is 5.85. The van der Waals surface area contributed by atoms with Crippen molar-refractivity contribution in [2.75, 3.05) is 13.2 Å². The van der Waals surface area contributed by atoms with Gasteiger partial charge in [0.1, 0.15) is 0 Å². The quantitative estimate of drug-likeness (QED) is 0.115. The third kappa shape index (κ3) is 6.15. The zero-order chi connectivity index (χ0) is 9.23. The van der Waals surface area contributed by atoms with E-state index < -0.39 is 6.29 Å². The molecule has 68 valence electrons. The average molecular weight is 173 g/mol. The molecular formula is C6H12BNO4. The Balaban J connectivity index is 3.39. The van der Waals surface area contributed by atoms with Crippen molar-refractivity contribution in [1.29, 1.82) is 0 Å². The van der Waals surface area contributed by atoms with Crippen LogP contribution in [0.25, 0.3) is 0 Å². The molecule has 0 heterocycles. The molecule has 5 nitrogen and oxygen atoms in total. The number of hydrogen-bond donors (Lipinski definition) is 1. The average Bonchev–Trinajstić information content (AvgIpc) is 2.11. The van der Waals surface area contributed by atoms with Crippen LogP contribution in [0.1, 0.15) is 13.3 Å².